The van der Waals surface area contributed by atoms with E-state index in [1.807, 2.05) is 24.3 Å². The van der Waals surface area contributed by atoms with E-state index in [9.17, 15) is 13.2 Å². The fraction of sp³-hybridized carbons (Fsp3) is 0.611. The van der Waals surface area contributed by atoms with Gasteiger partial charge in [-0.2, -0.15) is 0 Å². The predicted octanol–water partition coefficient (Wildman–Crippen LogP) is 2.22. The molecule has 0 radical (unpaired) electrons. The number of sulfonamides is 1. The van der Waals surface area contributed by atoms with Gasteiger partial charge in [0, 0.05) is 44.5 Å². The SMILES string of the molecule is CCS(=O)(=O)NCCN(C(C)=O)c1ccc(N2CCC(C)CC2)cc1. The maximum atomic E-state index is 11.9. The van der Waals surface area contributed by atoms with Crippen molar-refractivity contribution < 1.29 is 13.2 Å². The number of anilines is 2. The van der Waals surface area contributed by atoms with Gasteiger partial charge in [-0.1, -0.05) is 6.92 Å². The molecule has 1 aliphatic heterocycles. The molecule has 1 aromatic rings. The molecule has 0 atom stereocenters. The van der Waals surface area contributed by atoms with Gasteiger partial charge in [0.15, 0.2) is 0 Å². The first-order valence-electron chi connectivity index (χ1n) is 8.93. The first-order valence-corrected chi connectivity index (χ1v) is 10.6. The molecule has 6 nitrogen and oxygen atoms in total. The van der Waals surface area contributed by atoms with Gasteiger partial charge < -0.3 is 9.80 Å². The Morgan fingerprint density at radius 1 is 1.24 bits per heavy atom. The Bertz CT molecular complexity index is 665. The van der Waals surface area contributed by atoms with Crippen molar-refractivity contribution in [3.63, 3.8) is 0 Å². The minimum atomic E-state index is -3.24. The highest BCUT2D eigenvalue weighted by atomic mass is 32.2. The zero-order valence-electron chi connectivity index (χ0n) is 15.4. The van der Waals surface area contributed by atoms with E-state index in [0.717, 1.165) is 24.7 Å². The molecule has 1 heterocycles. The molecule has 0 aromatic heterocycles. The number of nitrogens with zero attached hydrogens (tertiary/aromatic N) is 2. The van der Waals surface area contributed by atoms with Crippen molar-refractivity contribution in [3.8, 4) is 0 Å². The van der Waals surface area contributed by atoms with Gasteiger partial charge in [-0.3, -0.25) is 4.79 Å². The number of carbonyl (C=O) groups excluding carboxylic acids is 1. The van der Waals surface area contributed by atoms with Gasteiger partial charge in [-0.05, 0) is 49.9 Å². The van der Waals surface area contributed by atoms with Crippen molar-refractivity contribution in [2.75, 3.05) is 41.7 Å². The van der Waals surface area contributed by atoms with Crippen LogP contribution in [0.25, 0.3) is 0 Å². The van der Waals surface area contributed by atoms with Gasteiger partial charge in [0.2, 0.25) is 15.9 Å². The standard InChI is InChI=1S/C18H29N3O3S/c1-4-25(23,24)19-11-14-21(16(3)22)18-7-5-17(6-8-18)20-12-9-15(2)10-13-20/h5-8,15,19H,4,9-14H2,1-3H3. The average molecular weight is 368 g/mol. The summed E-state index contributed by atoms with van der Waals surface area (Å²) in [5.74, 6) is 0.724. The van der Waals surface area contributed by atoms with Crippen molar-refractivity contribution >= 4 is 27.3 Å². The Morgan fingerprint density at radius 3 is 2.36 bits per heavy atom. The summed E-state index contributed by atoms with van der Waals surface area (Å²) in [7, 11) is -3.24. The van der Waals surface area contributed by atoms with Crippen molar-refractivity contribution in [2.24, 2.45) is 5.92 Å². The fourth-order valence-electron chi connectivity index (χ4n) is 2.99. The second-order valence-electron chi connectivity index (χ2n) is 6.65. The Kier molecular flexibility index (Phi) is 6.84. The lowest BCUT2D eigenvalue weighted by atomic mass is 9.99. The molecule has 0 spiro atoms. The zero-order chi connectivity index (χ0) is 18.4. The van der Waals surface area contributed by atoms with E-state index in [1.54, 1.807) is 11.8 Å². The summed E-state index contributed by atoms with van der Waals surface area (Å²) in [4.78, 5) is 15.9. The number of hydrogen-bond acceptors (Lipinski definition) is 4. The third kappa shape index (κ3) is 5.71. The van der Waals surface area contributed by atoms with Crippen LogP contribution in [0, 0.1) is 5.92 Å². The number of benzene rings is 1. The van der Waals surface area contributed by atoms with Crippen LogP contribution in [0.5, 0.6) is 0 Å². The number of piperidine rings is 1. The van der Waals surface area contributed by atoms with Crippen LogP contribution < -0.4 is 14.5 Å². The Balaban J connectivity index is 2.00. The normalized spacial score (nSPS) is 16.0. The minimum absolute atomic E-state index is 0.0379. The quantitative estimate of drug-likeness (QED) is 0.802. The van der Waals surface area contributed by atoms with E-state index in [1.165, 1.54) is 25.5 Å². The first kappa shape index (κ1) is 19.7. The van der Waals surface area contributed by atoms with Crippen LogP contribution in [-0.2, 0) is 14.8 Å². The summed E-state index contributed by atoms with van der Waals surface area (Å²) in [5.41, 5.74) is 1.96. The average Bonchev–Trinajstić information content (AvgIpc) is 2.59. The molecular weight excluding hydrogens is 338 g/mol. The third-order valence-corrected chi connectivity index (χ3v) is 6.13. The molecule has 2 rings (SSSR count). The highest BCUT2D eigenvalue weighted by Crippen LogP contribution is 2.25. The lowest BCUT2D eigenvalue weighted by molar-refractivity contribution is -0.116. The highest BCUT2D eigenvalue weighted by Gasteiger charge is 2.17. The molecule has 1 saturated heterocycles. The Labute approximate surface area is 151 Å². The number of rotatable bonds is 7. The van der Waals surface area contributed by atoms with Crippen LogP contribution in [0.2, 0.25) is 0 Å². The second kappa shape index (κ2) is 8.67. The van der Waals surface area contributed by atoms with Crippen molar-refractivity contribution in [2.45, 2.75) is 33.6 Å². The van der Waals surface area contributed by atoms with E-state index < -0.39 is 10.0 Å². The van der Waals surface area contributed by atoms with Gasteiger partial charge in [-0.15, -0.1) is 0 Å². The van der Waals surface area contributed by atoms with E-state index >= 15 is 0 Å². The molecule has 140 valence electrons. The number of amides is 1. The number of nitrogens with one attached hydrogen (secondary N) is 1. The van der Waals surface area contributed by atoms with Gasteiger partial charge in [-0.25, -0.2) is 13.1 Å². The molecule has 25 heavy (non-hydrogen) atoms. The van der Waals surface area contributed by atoms with Crippen LogP contribution in [0.15, 0.2) is 24.3 Å². The van der Waals surface area contributed by atoms with Gasteiger partial charge >= 0.3 is 0 Å². The summed E-state index contributed by atoms with van der Waals surface area (Å²) in [6.07, 6.45) is 2.41. The van der Waals surface area contributed by atoms with E-state index in [2.05, 4.69) is 16.5 Å². The van der Waals surface area contributed by atoms with Gasteiger partial charge in [0.05, 0.1) is 5.75 Å². The van der Waals surface area contributed by atoms with E-state index in [0.29, 0.717) is 6.54 Å². The molecule has 0 unspecified atom stereocenters. The molecule has 1 aliphatic rings. The molecule has 1 amide bonds. The largest absolute Gasteiger partial charge is 0.372 e. The molecule has 0 bridgehead atoms. The highest BCUT2D eigenvalue weighted by molar-refractivity contribution is 7.89. The first-order chi connectivity index (χ1) is 11.8. The van der Waals surface area contributed by atoms with Crippen molar-refractivity contribution in [1.29, 1.82) is 0 Å². The molecule has 0 aliphatic carbocycles. The van der Waals surface area contributed by atoms with E-state index in [4.69, 9.17) is 0 Å². The summed E-state index contributed by atoms with van der Waals surface area (Å²) >= 11 is 0. The maximum Gasteiger partial charge on any atom is 0.223 e. The maximum absolute atomic E-state index is 11.9. The molecule has 0 saturated carbocycles. The summed E-state index contributed by atoms with van der Waals surface area (Å²) in [6.45, 7) is 8.03. The van der Waals surface area contributed by atoms with Crippen LogP contribution in [0.1, 0.15) is 33.6 Å². The third-order valence-electron chi connectivity index (χ3n) is 4.73. The molecule has 1 fully saturated rings. The Hall–Kier alpha value is -1.60. The van der Waals surface area contributed by atoms with Crippen molar-refractivity contribution in [3.05, 3.63) is 24.3 Å². The second-order valence-corrected chi connectivity index (χ2v) is 8.75. The predicted molar refractivity (Wildman–Crippen MR) is 103 cm³/mol. The molecule has 1 N–H and O–H groups in total. The lowest BCUT2D eigenvalue weighted by Crippen LogP contribution is -2.38. The van der Waals surface area contributed by atoms with Crippen LogP contribution >= 0.6 is 0 Å². The summed E-state index contributed by atoms with van der Waals surface area (Å²) in [6, 6.07) is 7.95. The topological polar surface area (TPSA) is 69.7 Å². The fourth-order valence-corrected chi connectivity index (χ4v) is 3.60. The van der Waals surface area contributed by atoms with Gasteiger partial charge in [0.1, 0.15) is 0 Å². The minimum Gasteiger partial charge on any atom is -0.372 e. The van der Waals surface area contributed by atoms with Crippen molar-refractivity contribution in [1.82, 2.24) is 4.72 Å². The number of carbonyl (C=O) groups is 1. The molecule has 7 heteroatoms. The monoisotopic (exact) mass is 367 g/mol. The Morgan fingerprint density at radius 2 is 1.84 bits per heavy atom. The van der Waals surface area contributed by atoms with Gasteiger partial charge in [0.25, 0.3) is 0 Å². The summed E-state index contributed by atoms with van der Waals surface area (Å²) < 4.78 is 25.5. The number of hydrogen-bond donors (Lipinski definition) is 1. The molecular formula is C18H29N3O3S. The van der Waals surface area contributed by atoms with Crippen LogP contribution in [0.4, 0.5) is 11.4 Å². The van der Waals surface area contributed by atoms with Crippen LogP contribution in [-0.4, -0.2) is 46.3 Å². The summed E-state index contributed by atoms with van der Waals surface area (Å²) in [5, 5.41) is 0. The zero-order valence-corrected chi connectivity index (χ0v) is 16.2. The van der Waals surface area contributed by atoms with E-state index in [-0.39, 0.29) is 18.2 Å². The molecule has 1 aromatic carbocycles. The smallest absolute Gasteiger partial charge is 0.223 e. The lowest BCUT2D eigenvalue weighted by Gasteiger charge is -2.32. The van der Waals surface area contributed by atoms with Crippen LogP contribution in [0.3, 0.4) is 0 Å².